The van der Waals surface area contributed by atoms with Gasteiger partial charge in [0.05, 0.1) is 23.6 Å². The number of nitrogens with zero attached hydrogens (tertiary/aromatic N) is 1. The highest BCUT2D eigenvalue weighted by molar-refractivity contribution is 7.90. The highest BCUT2D eigenvalue weighted by Crippen LogP contribution is 2.47. The fourth-order valence-corrected chi connectivity index (χ4v) is 8.33. The van der Waals surface area contributed by atoms with Crippen molar-refractivity contribution < 1.29 is 23.1 Å². The van der Waals surface area contributed by atoms with Gasteiger partial charge in [0, 0.05) is 29.1 Å². The molecule has 2 aliphatic heterocycles. The van der Waals surface area contributed by atoms with Crippen molar-refractivity contribution in [3.63, 3.8) is 0 Å². The predicted octanol–water partition coefficient (Wildman–Crippen LogP) is 5.86. The molecule has 0 unspecified atom stereocenters. The highest BCUT2D eigenvalue weighted by atomic mass is 35.5. The summed E-state index contributed by atoms with van der Waals surface area (Å²) in [5, 5.41) is 12.2. The molecule has 2 bridgehead atoms. The maximum Gasteiger partial charge on any atom is 0.264 e. The zero-order valence-corrected chi connectivity index (χ0v) is 26.0. The second-order valence-corrected chi connectivity index (χ2v) is 15.1. The molecular weight excluding hydrogens is 560 g/mol. The molecule has 1 amide bonds. The van der Waals surface area contributed by atoms with Crippen LogP contribution in [0.1, 0.15) is 87.2 Å². The van der Waals surface area contributed by atoms with Crippen LogP contribution in [-0.4, -0.2) is 50.5 Å². The number of rotatable bonds is 3. The van der Waals surface area contributed by atoms with Gasteiger partial charge < -0.3 is 14.7 Å². The zero-order chi connectivity index (χ0) is 29.4. The number of carbonyl (C=O) groups excluding carboxylic acids is 1. The standard InChI is InChI=1S/C32H43ClN2O5S/c1-4-8-22-17-25(33)11-13-26(22)31(2)20-35-19-24-9-12-27(24)32(3,37)15-6-5-7-16-41(38,39)34-30(36)23-10-14-29(40-21-31)28(35)18-23/h10-11,13-14,17-18,24,27,37H,4-9,12,15-16,19-21H2,1-3H3,(H,34,36)/t24-,27+,31-,32+/m0/s1. The summed E-state index contributed by atoms with van der Waals surface area (Å²) in [5.41, 5.74) is 2.29. The minimum absolute atomic E-state index is 0.118. The van der Waals surface area contributed by atoms with Crippen LogP contribution >= 0.6 is 11.6 Å². The van der Waals surface area contributed by atoms with Gasteiger partial charge in [-0.25, -0.2) is 13.1 Å². The number of aliphatic hydroxyl groups is 1. The van der Waals surface area contributed by atoms with E-state index in [0.29, 0.717) is 55.6 Å². The summed E-state index contributed by atoms with van der Waals surface area (Å²) in [6, 6.07) is 11.3. The first kappa shape index (κ1) is 30.2. The van der Waals surface area contributed by atoms with Crippen molar-refractivity contribution in [3.05, 3.63) is 58.1 Å². The number of carbonyl (C=O) groups is 1. The number of nitrogens with one attached hydrogen (secondary N) is 1. The Kier molecular flexibility index (Phi) is 8.66. The topological polar surface area (TPSA) is 95.9 Å². The van der Waals surface area contributed by atoms with Gasteiger partial charge in [0.2, 0.25) is 10.0 Å². The van der Waals surface area contributed by atoms with Gasteiger partial charge in [-0.3, -0.25) is 4.79 Å². The first-order valence-electron chi connectivity index (χ1n) is 15.0. The summed E-state index contributed by atoms with van der Waals surface area (Å²) in [7, 11) is -3.77. The van der Waals surface area contributed by atoms with Crippen molar-refractivity contribution in [1.29, 1.82) is 0 Å². The van der Waals surface area contributed by atoms with E-state index in [1.165, 1.54) is 11.1 Å². The monoisotopic (exact) mass is 602 g/mol. The van der Waals surface area contributed by atoms with Crippen LogP contribution in [0.5, 0.6) is 5.75 Å². The van der Waals surface area contributed by atoms with Crippen LogP contribution in [0.2, 0.25) is 5.02 Å². The van der Waals surface area contributed by atoms with Gasteiger partial charge in [0.25, 0.3) is 5.91 Å². The SMILES string of the molecule is CCCc1cc(Cl)ccc1[C@]1(C)COc2ccc3cc2N(C[C@@H]2CC[C@H]2[C@](C)(O)CCCCCS(=O)(=O)NC3=O)C1. The van der Waals surface area contributed by atoms with Crippen LogP contribution < -0.4 is 14.4 Å². The normalized spacial score (nSPS) is 30.3. The van der Waals surface area contributed by atoms with Crippen molar-refractivity contribution >= 4 is 33.2 Å². The highest BCUT2D eigenvalue weighted by Gasteiger charge is 2.45. The van der Waals surface area contributed by atoms with E-state index in [9.17, 15) is 18.3 Å². The summed E-state index contributed by atoms with van der Waals surface area (Å²) in [6.45, 7) is 8.12. The van der Waals surface area contributed by atoms with E-state index in [4.69, 9.17) is 16.3 Å². The number of halogens is 1. The molecule has 1 fully saturated rings. The van der Waals surface area contributed by atoms with Gasteiger partial charge in [-0.15, -0.1) is 0 Å². The number of anilines is 1. The molecule has 5 rings (SSSR count). The van der Waals surface area contributed by atoms with E-state index in [-0.39, 0.29) is 22.6 Å². The maximum absolute atomic E-state index is 13.1. The quantitative estimate of drug-likeness (QED) is 0.457. The van der Waals surface area contributed by atoms with E-state index in [1.807, 2.05) is 13.0 Å². The van der Waals surface area contributed by atoms with Gasteiger partial charge >= 0.3 is 0 Å². The summed E-state index contributed by atoms with van der Waals surface area (Å²) in [5.74, 6) is 0.385. The predicted molar refractivity (Wildman–Crippen MR) is 164 cm³/mol. The zero-order valence-electron chi connectivity index (χ0n) is 24.4. The van der Waals surface area contributed by atoms with Crippen molar-refractivity contribution in [3.8, 4) is 5.75 Å². The lowest BCUT2D eigenvalue weighted by atomic mass is 9.63. The maximum atomic E-state index is 13.1. The van der Waals surface area contributed by atoms with E-state index in [1.54, 1.807) is 18.2 Å². The van der Waals surface area contributed by atoms with Crippen LogP contribution in [0.4, 0.5) is 5.69 Å². The third kappa shape index (κ3) is 6.55. The fourth-order valence-electron chi connectivity index (χ4n) is 7.05. The Balaban J connectivity index is 1.57. The molecule has 2 aromatic carbocycles. The van der Waals surface area contributed by atoms with Crippen molar-refractivity contribution in [2.75, 3.05) is 30.3 Å². The van der Waals surface area contributed by atoms with Crippen LogP contribution in [0.25, 0.3) is 0 Å². The molecule has 2 N–H and O–H groups in total. The summed E-state index contributed by atoms with van der Waals surface area (Å²) in [6.07, 6.45) is 6.42. The van der Waals surface area contributed by atoms with Crippen LogP contribution in [0, 0.1) is 11.8 Å². The van der Waals surface area contributed by atoms with Gasteiger partial charge in [-0.2, -0.15) is 0 Å². The van der Waals surface area contributed by atoms with Crippen LogP contribution in [0.3, 0.4) is 0 Å². The van der Waals surface area contributed by atoms with E-state index >= 15 is 0 Å². The number of amides is 1. The van der Waals surface area contributed by atoms with Crippen LogP contribution in [-0.2, 0) is 21.9 Å². The Morgan fingerprint density at radius 3 is 2.66 bits per heavy atom. The molecule has 0 radical (unpaired) electrons. The molecule has 9 heteroatoms. The van der Waals surface area contributed by atoms with Crippen LogP contribution in [0.15, 0.2) is 36.4 Å². The molecule has 41 heavy (non-hydrogen) atoms. The van der Waals surface area contributed by atoms with Gasteiger partial charge in [0.15, 0.2) is 0 Å². The number of ether oxygens (including phenoxy) is 1. The number of benzene rings is 2. The Hall–Kier alpha value is -2.29. The molecule has 2 aromatic rings. The fraction of sp³-hybridized carbons (Fsp3) is 0.594. The second-order valence-electron chi connectivity index (χ2n) is 12.8. The van der Waals surface area contributed by atoms with E-state index in [2.05, 4.69) is 35.6 Å². The summed E-state index contributed by atoms with van der Waals surface area (Å²) in [4.78, 5) is 15.4. The average molecular weight is 603 g/mol. The smallest absolute Gasteiger partial charge is 0.264 e. The van der Waals surface area contributed by atoms with E-state index in [0.717, 1.165) is 37.8 Å². The second kappa shape index (κ2) is 11.8. The third-order valence-corrected chi connectivity index (χ3v) is 11.0. The third-order valence-electron chi connectivity index (χ3n) is 9.40. The first-order chi connectivity index (χ1) is 19.4. The number of sulfonamides is 1. The molecule has 1 saturated carbocycles. The van der Waals surface area contributed by atoms with Crippen molar-refractivity contribution in [2.24, 2.45) is 11.8 Å². The molecule has 3 aliphatic rings. The molecule has 224 valence electrons. The Morgan fingerprint density at radius 2 is 1.93 bits per heavy atom. The Morgan fingerprint density at radius 1 is 1.12 bits per heavy atom. The molecule has 0 spiro atoms. The summed E-state index contributed by atoms with van der Waals surface area (Å²) < 4.78 is 34.1. The molecule has 0 aromatic heterocycles. The molecule has 7 nitrogen and oxygen atoms in total. The number of hydrogen-bond acceptors (Lipinski definition) is 6. The van der Waals surface area contributed by atoms with E-state index < -0.39 is 21.5 Å². The number of hydrogen-bond donors (Lipinski definition) is 2. The molecule has 2 heterocycles. The molecule has 1 aliphatic carbocycles. The Bertz CT molecular complexity index is 1390. The van der Waals surface area contributed by atoms with Crippen molar-refractivity contribution in [2.45, 2.75) is 83.2 Å². The molecule has 0 saturated heterocycles. The van der Waals surface area contributed by atoms with Gasteiger partial charge in [-0.05, 0) is 92.3 Å². The molecular formula is C32H43ClN2O5S. The lowest BCUT2D eigenvalue weighted by Crippen LogP contribution is -2.51. The summed E-state index contributed by atoms with van der Waals surface area (Å²) >= 11 is 6.41. The van der Waals surface area contributed by atoms with Crippen molar-refractivity contribution in [1.82, 2.24) is 4.72 Å². The minimum atomic E-state index is -3.77. The number of fused-ring (bicyclic) bond motifs is 2. The number of aryl methyl sites for hydroxylation is 1. The Labute approximate surface area is 249 Å². The minimum Gasteiger partial charge on any atom is -0.490 e. The average Bonchev–Trinajstić information content (AvgIpc) is 3.02. The van der Waals surface area contributed by atoms with Gasteiger partial charge in [0.1, 0.15) is 5.75 Å². The largest absolute Gasteiger partial charge is 0.490 e. The molecule has 4 atom stereocenters. The van der Waals surface area contributed by atoms with Gasteiger partial charge in [-0.1, -0.05) is 50.8 Å². The lowest BCUT2D eigenvalue weighted by molar-refractivity contribution is -0.0742. The first-order valence-corrected chi connectivity index (χ1v) is 17.0. The lowest BCUT2D eigenvalue weighted by Gasteiger charge is -2.48.